The first-order valence-corrected chi connectivity index (χ1v) is 7.20. The van der Waals surface area contributed by atoms with Crippen molar-refractivity contribution in [2.45, 2.75) is 45.4 Å². The molecule has 2 atom stereocenters. The Morgan fingerprint density at radius 1 is 1.40 bits per heavy atom. The summed E-state index contributed by atoms with van der Waals surface area (Å²) in [5.41, 5.74) is 0. The topological polar surface area (TPSA) is 68.3 Å². The first kappa shape index (κ1) is 15.0. The van der Waals surface area contributed by atoms with E-state index in [1.165, 1.54) is 0 Å². The monoisotopic (exact) mass is 280 g/mol. The predicted molar refractivity (Wildman–Crippen MR) is 79.0 cm³/mol. The molecule has 2 heterocycles. The van der Waals surface area contributed by atoms with E-state index >= 15 is 0 Å². The number of nitrogens with one attached hydrogen (secondary N) is 2. The summed E-state index contributed by atoms with van der Waals surface area (Å²) in [5.74, 6) is 2.37. The number of nitrogens with zero attached hydrogens (tertiary/aromatic N) is 2. The van der Waals surface area contributed by atoms with Crippen molar-refractivity contribution < 1.29 is 9.47 Å². The van der Waals surface area contributed by atoms with Crippen LogP contribution in [0.25, 0.3) is 0 Å². The zero-order valence-corrected chi connectivity index (χ0v) is 12.5. The van der Waals surface area contributed by atoms with Crippen molar-refractivity contribution in [2.75, 3.05) is 30.9 Å². The van der Waals surface area contributed by atoms with Gasteiger partial charge in [-0.1, -0.05) is 0 Å². The highest BCUT2D eigenvalue weighted by Crippen LogP contribution is 2.19. The van der Waals surface area contributed by atoms with Crippen LogP contribution in [0.4, 0.5) is 11.6 Å². The van der Waals surface area contributed by atoms with Gasteiger partial charge in [-0.25, -0.2) is 9.97 Å². The van der Waals surface area contributed by atoms with Gasteiger partial charge in [-0.15, -0.1) is 0 Å². The van der Waals surface area contributed by atoms with Gasteiger partial charge in [0, 0.05) is 32.4 Å². The fourth-order valence-corrected chi connectivity index (χ4v) is 2.37. The summed E-state index contributed by atoms with van der Waals surface area (Å²) in [5, 5.41) is 6.70. The lowest BCUT2D eigenvalue weighted by Crippen LogP contribution is -2.32. The van der Waals surface area contributed by atoms with Crippen LogP contribution < -0.4 is 10.6 Å². The van der Waals surface area contributed by atoms with Crippen LogP contribution in [0.3, 0.4) is 0 Å². The molecule has 1 aromatic rings. The minimum absolute atomic E-state index is 0.301. The molecule has 6 nitrogen and oxygen atoms in total. The normalized spacial score (nSPS) is 22.6. The second kappa shape index (κ2) is 7.40. The molecular weight excluding hydrogens is 256 g/mol. The molecule has 0 radical (unpaired) electrons. The molecule has 0 spiro atoms. The first-order valence-electron chi connectivity index (χ1n) is 7.20. The predicted octanol–water partition coefficient (Wildman–Crippen LogP) is 2.03. The lowest BCUT2D eigenvalue weighted by Gasteiger charge is -2.28. The summed E-state index contributed by atoms with van der Waals surface area (Å²) < 4.78 is 10.7. The molecule has 0 saturated carbocycles. The van der Waals surface area contributed by atoms with Gasteiger partial charge < -0.3 is 20.1 Å². The highest BCUT2D eigenvalue weighted by molar-refractivity contribution is 5.48. The highest BCUT2D eigenvalue weighted by Gasteiger charge is 2.19. The molecule has 112 valence electrons. The molecule has 1 aromatic heterocycles. The molecule has 1 aliphatic heterocycles. The molecule has 1 aliphatic rings. The molecule has 2 unspecified atom stereocenters. The molecule has 1 saturated heterocycles. The number of aromatic nitrogens is 2. The highest BCUT2D eigenvalue weighted by atomic mass is 16.5. The maximum absolute atomic E-state index is 5.57. The number of hydrogen-bond acceptors (Lipinski definition) is 6. The third-order valence-electron chi connectivity index (χ3n) is 3.24. The molecular formula is C14H24N4O2. The number of ether oxygens (including phenoxy) is 2. The Labute approximate surface area is 120 Å². The largest absolute Gasteiger partial charge is 0.378 e. The van der Waals surface area contributed by atoms with Gasteiger partial charge in [0.1, 0.15) is 18.2 Å². The Morgan fingerprint density at radius 3 is 2.90 bits per heavy atom. The van der Waals surface area contributed by atoms with E-state index in [1.54, 1.807) is 7.11 Å². The summed E-state index contributed by atoms with van der Waals surface area (Å²) in [7, 11) is 1.65. The van der Waals surface area contributed by atoms with Gasteiger partial charge in [-0.3, -0.25) is 0 Å². The molecule has 0 bridgehead atoms. The van der Waals surface area contributed by atoms with E-state index < -0.39 is 0 Å². The molecule has 6 heteroatoms. The Hall–Kier alpha value is -1.40. The zero-order chi connectivity index (χ0) is 14.4. The van der Waals surface area contributed by atoms with Crippen LogP contribution in [0, 0.1) is 0 Å². The maximum Gasteiger partial charge on any atom is 0.158 e. The summed E-state index contributed by atoms with van der Waals surface area (Å²) >= 11 is 0. The van der Waals surface area contributed by atoms with Gasteiger partial charge in [0.15, 0.2) is 5.82 Å². The van der Waals surface area contributed by atoms with Crippen LogP contribution in [0.2, 0.25) is 0 Å². The summed E-state index contributed by atoms with van der Waals surface area (Å²) in [6.07, 6.45) is 2.31. The molecule has 2 rings (SSSR count). The lowest BCUT2D eigenvalue weighted by molar-refractivity contribution is 0.0231. The fraction of sp³-hybridized carbons (Fsp3) is 0.714. The van der Waals surface area contributed by atoms with Crippen molar-refractivity contribution in [1.29, 1.82) is 0 Å². The summed E-state index contributed by atoms with van der Waals surface area (Å²) in [6.45, 7) is 6.20. The Bertz CT molecular complexity index is 403. The fourth-order valence-electron chi connectivity index (χ4n) is 2.37. The summed E-state index contributed by atoms with van der Waals surface area (Å²) in [4.78, 5) is 8.91. The van der Waals surface area contributed by atoms with Crippen LogP contribution in [0.5, 0.6) is 0 Å². The molecule has 0 aliphatic carbocycles. The van der Waals surface area contributed by atoms with Gasteiger partial charge in [-0.05, 0) is 26.7 Å². The van der Waals surface area contributed by atoms with Gasteiger partial charge in [0.2, 0.25) is 0 Å². The molecule has 2 N–H and O–H groups in total. The average molecular weight is 280 g/mol. The minimum atomic E-state index is 0.301. The van der Waals surface area contributed by atoms with Crippen LogP contribution in [0.1, 0.15) is 32.5 Å². The molecule has 1 fully saturated rings. The van der Waals surface area contributed by atoms with E-state index in [9.17, 15) is 0 Å². The summed E-state index contributed by atoms with van der Waals surface area (Å²) in [6, 6.07) is 2.35. The Balaban J connectivity index is 2.08. The minimum Gasteiger partial charge on any atom is -0.378 e. The van der Waals surface area contributed by atoms with Gasteiger partial charge >= 0.3 is 0 Å². The van der Waals surface area contributed by atoms with E-state index in [-0.39, 0.29) is 0 Å². The van der Waals surface area contributed by atoms with Crippen molar-refractivity contribution in [3.8, 4) is 0 Å². The van der Waals surface area contributed by atoms with Gasteiger partial charge in [0.25, 0.3) is 0 Å². The third-order valence-corrected chi connectivity index (χ3v) is 3.24. The van der Waals surface area contributed by atoms with Crippen LogP contribution in [-0.2, 0) is 16.1 Å². The first-order chi connectivity index (χ1) is 9.71. The molecule has 20 heavy (non-hydrogen) atoms. The number of anilines is 2. The number of rotatable bonds is 6. The molecule has 0 amide bonds. The Kier molecular flexibility index (Phi) is 5.55. The average Bonchev–Trinajstić information content (AvgIpc) is 2.39. The lowest BCUT2D eigenvalue weighted by atomic mass is 10.0. The number of hydrogen-bond donors (Lipinski definition) is 2. The molecule has 0 aromatic carbocycles. The zero-order valence-electron chi connectivity index (χ0n) is 12.5. The van der Waals surface area contributed by atoms with E-state index in [2.05, 4.69) is 27.5 Å². The smallest absolute Gasteiger partial charge is 0.158 e. The van der Waals surface area contributed by atoms with E-state index in [0.29, 0.717) is 24.6 Å². The van der Waals surface area contributed by atoms with E-state index in [0.717, 1.165) is 37.6 Å². The van der Waals surface area contributed by atoms with Crippen LogP contribution in [0.15, 0.2) is 6.07 Å². The quantitative estimate of drug-likeness (QED) is 0.831. The van der Waals surface area contributed by atoms with Crippen molar-refractivity contribution in [3.05, 3.63) is 11.9 Å². The number of methoxy groups -OCH3 is 1. The van der Waals surface area contributed by atoms with E-state index in [1.807, 2.05) is 13.0 Å². The SMILES string of the molecule is CCNc1cc(NC2CCOC(C)C2)nc(COC)n1. The van der Waals surface area contributed by atoms with Crippen molar-refractivity contribution in [1.82, 2.24) is 9.97 Å². The maximum atomic E-state index is 5.57. The second-order valence-electron chi connectivity index (χ2n) is 5.07. The van der Waals surface area contributed by atoms with Crippen molar-refractivity contribution >= 4 is 11.6 Å². The van der Waals surface area contributed by atoms with Gasteiger partial charge in [0.05, 0.1) is 6.10 Å². The second-order valence-corrected chi connectivity index (χ2v) is 5.07. The van der Waals surface area contributed by atoms with Crippen molar-refractivity contribution in [2.24, 2.45) is 0 Å². The van der Waals surface area contributed by atoms with Crippen LogP contribution >= 0.6 is 0 Å². The van der Waals surface area contributed by atoms with Crippen molar-refractivity contribution in [3.63, 3.8) is 0 Å². The van der Waals surface area contributed by atoms with E-state index in [4.69, 9.17) is 9.47 Å². The van der Waals surface area contributed by atoms with Crippen LogP contribution in [-0.4, -0.2) is 42.4 Å². The van der Waals surface area contributed by atoms with Gasteiger partial charge in [-0.2, -0.15) is 0 Å². The standard InChI is InChI=1S/C14H24N4O2/c1-4-15-12-8-13(18-14(17-12)9-19-3)16-11-5-6-20-10(2)7-11/h8,10-11H,4-7,9H2,1-3H3,(H2,15,16,17,18). The third kappa shape index (κ3) is 4.31. The Morgan fingerprint density at radius 2 is 2.20 bits per heavy atom.